The highest BCUT2D eigenvalue weighted by Crippen LogP contribution is 2.30. The van der Waals surface area contributed by atoms with Gasteiger partial charge in [0.05, 0.1) is 0 Å². The van der Waals surface area contributed by atoms with E-state index in [0.717, 1.165) is 44.3 Å². The van der Waals surface area contributed by atoms with Crippen LogP contribution in [0, 0.1) is 5.92 Å². The number of benzene rings is 2. The van der Waals surface area contributed by atoms with E-state index in [4.69, 9.17) is 11.6 Å². The SMILES string of the molecule is O=C(c1ccc(Cl)cc1)C1CCN([C@H](C(=O)NC2CC2)c2ccccc2)CC1. The predicted octanol–water partition coefficient (Wildman–Crippen LogP) is 4.25. The van der Waals surface area contributed by atoms with E-state index in [1.165, 1.54) is 0 Å². The van der Waals surface area contributed by atoms with E-state index >= 15 is 0 Å². The molecule has 1 saturated carbocycles. The van der Waals surface area contributed by atoms with Crippen LogP contribution in [0.3, 0.4) is 0 Å². The number of piperidine rings is 1. The maximum Gasteiger partial charge on any atom is 0.242 e. The van der Waals surface area contributed by atoms with Gasteiger partial charge >= 0.3 is 0 Å². The number of hydrogen-bond acceptors (Lipinski definition) is 3. The number of hydrogen-bond donors (Lipinski definition) is 1. The maximum atomic E-state index is 12.9. The van der Waals surface area contributed by atoms with Crippen molar-refractivity contribution in [3.8, 4) is 0 Å². The summed E-state index contributed by atoms with van der Waals surface area (Å²) in [7, 11) is 0. The molecule has 0 unspecified atom stereocenters. The smallest absolute Gasteiger partial charge is 0.242 e. The average molecular weight is 397 g/mol. The molecule has 4 rings (SSSR count). The van der Waals surface area contributed by atoms with Gasteiger partial charge in [0.25, 0.3) is 0 Å². The maximum absolute atomic E-state index is 12.9. The molecule has 0 radical (unpaired) electrons. The van der Waals surface area contributed by atoms with Gasteiger partial charge in [-0.15, -0.1) is 0 Å². The number of nitrogens with one attached hydrogen (secondary N) is 1. The molecular weight excluding hydrogens is 372 g/mol. The molecule has 2 fully saturated rings. The quantitative estimate of drug-likeness (QED) is 0.742. The van der Waals surface area contributed by atoms with Gasteiger partial charge < -0.3 is 5.32 Å². The van der Waals surface area contributed by atoms with E-state index in [9.17, 15) is 9.59 Å². The van der Waals surface area contributed by atoms with E-state index in [-0.39, 0.29) is 23.7 Å². The molecule has 1 N–H and O–H groups in total. The summed E-state index contributed by atoms with van der Waals surface area (Å²) >= 11 is 5.93. The Morgan fingerprint density at radius 3 is 2.18 bits per heavy atom. The van der Waals surface area contributed by atoms with Gasteiger partial charge in [-0.2, -0.15) is 0 Å². The van der Waals surface area contributed by atoms with Crippen LogP contribution in [0.5, 0.6) is 0 Å². The lowest BCUT2D eigenvalue weighted by molar-refractivity contribution is -0.127. The zero-order chi connectivity index (χ0) is 19.5. The minimum absolute atomic E-state index is 0.000317. The Labute approximate surface area is 170 Å². The van der Waals surface area contributed by atoms with Crippen molar-refractivity contribution in [2.45, 2.75) is 37.8 Å². The average Bonchev–Trinajstić information content (AvgIpc) is 3.53. The fraction of sp³-hybridized carbons (Fsp3) is 0.391. The van der Waals surface area contributed by atoms with Crippen molar-refractivity contribution >= 4 is 23.3 Å². The molecule has 28 heavy (non-hydrogen) atoms. The molecule has 2 aromatic rings. The fourth-order valence-corrected chi connectivity index (χ4v) is 4.07. The molecule has 1 saturated heterocycles. The first-order chi connectivity index (χ1) is 13.6. The number of carbonyl (C=O) groups is 2. The fourth-order valence-electron chi connectivity index (χ4n) is 3.94. The third kappa shape index (κ3) is 4.45. The van der Waals surface area contributed by atoms with Gasteiger partial charge in [0.15, 0.2) is 5.78 Å². The molecule has 1 aliphatic carbocycles. The molecular formula is C23H25ClN2O2. The highest BCUT2D eigenvalue weighted by Gasteiger charge is 2.35. The highest BCUT2D eigenvalue weighted by atomic mass is 35.5. The Hall–Kier alpha value is -2.17. The molecule has 1 heterocycles. The summed E-state index contributed by atoms with van der Waals surface area (Å²) in [6.07, 6.45) is 3.68. The van der Waals surface area contributed by atoms with Crippen molar-refractivity contribution in [2.24, 2.45) is 5.92 Å². The van der Waals surface area contributed by atoms with Crippen molar-refractivity contribution in [2.75, 3.05) is 13.1 Å². The normalized spacial score (nSPS) is 19.2. The third-order valence-electron chi connectivity index (χ3n) is 5.68. The number of nitrogens with zero attached hydrogens (tertiary/aromatic N) is 1. The summed E-state index contributed by atoms with van der Waals surface area (Å²) in [6, 6.07) is 17.1. The second kappa shape index (κ2) is 8.46. The Morgan fingerprint density at radius 1 is 0.929 bits per heavy atom. The summed E-state index contributed by atoms with van der Waals surface area (Å²) in [4.78, 5) is 28.0. The zero-order valence-electron chi connectivity index (χ0n) is 15.8. The molecule has 146 valence electrons. The van der Waals surface area contributed by atoms with Crippen molar-refractivity contribution in [1.29, 1.82) is 0 Å². The topological polar surface area (TPSA) is 49.4 Å². The summed E-state index contributed by atoms with van der Waals surface area (Å²) in [5, 5.41) is 3.79. The molecule has 1 aliphatic heterocycles. The molecule has 4 nitrogen and oxygen atoms in total. The Balaban J connectivity index is 1.44. The first-order valence-electron chi connectivity index (χ1n) is 10.0. The number of likely N-dealkylation sites (tertiary alicyclic amines) is 1. The third-order valence-corrected chi connectivity index (χ3v) is 5.93. The Morgan fingerprint density at radius 2 is 1.57 bits per heavy atom. The van der Waals surface area contributed by atoms with Crippen molar-refractivity contribution in [3.63, 3.8) is 0 Å². The lowest BCUT2D eigenvalue weighted by Gasteiger charge is -2.36. The largest absolute Gasteiger partial charge is 0.352 e. The van der Waals surface area contributed by atoms with Gasteiger partial charge in [-0.05, 0) is 68.6 Å². The molecule has 5 heteroatoms. The van der Waals surface area contributed by atoms with Crippen LogP contribution in [0.1, 0.15) is 47.6 Å². The van der Waals surface area contributed by atoms with E-state index in [0.29, 0.717) is 16.6 Å². The van der Waals surface area contributed by atoms with E-state index < -0.39 is 0 Å². The molecule has 1 amide bonds. The van der Waals surface area contributed by atoms with Gasteiger partial charge in [0.1, 0.15) is 6.04 Å². The minimum atomic E-state index is -0.284. The minimum Gasteiger partial charge on any atom is -0.352 e. The summed E-state index contributed by atoms with van der Waals surface area (Å²) in [5.41, 5.74) is 1.73. The van der Waals surface area contributed by atoms with Crippen LogP contribution in [-0.2, 0) is 4.79 Å². The van der Waals surface area contributed by atoms with Crippen LogP contribution in [0.25, 0.3) is 0 Å². The molecule has 0 bridgehead atoms. The van der Waals surface area contributed by atoms with Crippen LogP contribution in [0.2, 0.25) is 5.02 Å². The monoisotopic (exact) mass is 396 g/mol. The molecule has 0 spiro atoms. The molecule has 2 aliphatic rings. The number of halogens is 1. The van der Waals surface area contributed by atoms with Crippen LogP contribution in [-0.4, -0.2) is 35.7 Å². The van der Waals surface area contributed by atoms with Crippen LogP contribution >= 0.6 is 11.6 Å². The predicted molar refractivity (Wildman–Crippen MR) is 110 cm³/mol. The number of amides is 1. The van der Waals surface area contributed by atoms with Crippen molar-refractivity contribution in [3.05, 3.63) is 70.7 Å². The summed E-state index contributed by atoms with van der Waals surface area (Å²) < 4.78 is 0. The lowest BCUT2D eigenvalue weighted by atomic mass is 9.87. The van der Waals surface area contributed by atoms with Crippen LogP contribution < -0.4 is 5.32 Å². The van der Waals surface area contributed by atoms with Crippen LogP contribution in [0.15, 0.2) is 54.6 Å². The van der Waals surface area contributed by atoms with Crippen LogP contribution in [0.4, 0.5) is 0 Å². The first kappa shape index (κ1) is 19.2. The van der Waals surface area contributed by atoms with Gasteiger partial charge in [0.2, 0.25) is 5.91 Å². The van der Waals surface area contributed by atoms with Gasteiger partial charge in [-0.25, -0.2) is 0 Å². The lowest BCUT2D eigenvalue weighted by Crippen LogP contribution is -2.45. The Kier molecular flexibility index (Phi) is 5.79. The van der Waals surface area contributed by atoms with E-state index in [2.05, 4.69) is 10.2 Å². The number of ketones is 1. The Bertz CT molecular complexity index is 825. The van der Waals surface area contributed by atoms with Gasteiger partial charge in [-0.1, -0.05) is 41.9 Å². The summed E-state index contributed by atoms with van der Waals surface area (Å²) in [6.45, 7) is 1.48. The van der Waals surface area contributed by atoms with Crippen molar-refractivity contribution in [1.82, 2.24) is 10.2 Å². The number of rotatable bonds is 6. The first-order valence-corrected chi connectivity index (χ1v) is 10.4. The standard InChI is InChI=1S/C23H25ClN2O2/c24-19-8-6-17(7-9-19)22(27)18-12-14-26(15-13-18)21(16-4-2-1-3-5-16)23(28)25-20-10-11-20/h1-9,18,20-21H,10-15H2,(H,25,28)/t21-/m0/s1. The summed E-state index contributed by atoms with van der Waals surface area (Å²) in [5.74, 6) is 0.256. The van der Waals surface area contributed by atoms with E-state index in [1.54, 1.807) is 24.3 Å². The van der Waals surface area contributed by atoms with Gasteiger partial charge in [-0.3, -0.25) is 14.5 Å². The second-order valence-electron chi connectivity index (χ2n) is 7.78. The number of carbonyl (C=O) groups excluding carboxylic acids is 2. The molecule has 1 atom stereocenters. The van der Waals surface area contributed by atoms with E-state index in [1.807, 2.05) is 30.3 Å². The highest BCUT2D eigenvalue weighted by molar-refractivity contribution is 6.30. The molecule has 0 aromatic heterocycles. The molecule has 2 aromatic carbocycles. The number of Topliss-reactive ketones (excluding diaryl/α,β-unsaturated/α-hetero) is 1. The van der Waals surface area contributed by atoms with Crippen molar-refractivity contribution < 1.29 is 9.59 Å². The second-order valence-corrected chi connectivity index (χ2v) is 8.21. The zero-order valence-corrected chi connectivity index (χ0v) is 16.6. The van der Waals surface area contributed by atoms with Gasteiger partial charge in [0, 0.05) is 22.5 Å².